The molecule has 2 aromatic heterocycles. The molecule has 0 radical (unpaired) electrons. The van der Waals surface area contributed by atoms with Crippen molar-refractivity contribution < 1.29 is 23.1 Å². The standard InChI is InChI=1S/C27H32F2N6O3/c1-17-11-20(24(36)30-13-17)12-21-14-31-25-32-22(15-35(25)34-21)23(19-7-9-27(28,29)10-8-19)33-26(37)38-16-18-5-3-2-4-6-18/h2-6,14-15,17,19-20,23H,7-13,16H2,1H3,(H,30,36)(H,33,37)/t17-,20+,23-/m0/s1. The number of imidazole rings is 1. The highest BCUT2D eigenvalue weighted by molar-refractivity contribution is 5.79. The average molecular weight is 527 g/mol. The van der Waals surface area contributed by atoms with Crippen molar-refractivity contribution in [2.75, 3.05) is 6.54 Å². The van der Waals surface area contributed by atoms with Gasteiger partial charge in [-0.1, -0.05) is 37.3 Å². The predicted molar refractivity (Wildman–Crippen MR) is 134 cm³/mol. The van der Waals surface area contributed by atoms with Crippen LogP contribution in [0.1, 0.15) is 62.0 Å². The topological polar surface area (TPSA) is 111 Å². The first-order valence-corrected chi connectivity index (χ1v) is 13.1. The van der Waals surface area contributed by atoms with Gasteiger partial charge >= 0.3 is 6.09 Å². The van der Waals surface area contributed by atoms with Crippen LogP contribution in [0.5, 0.6) is 0 Å². The number of piperidine rings is 1. The van der Waals surface area contributed by atoms with Gasteiger partial charge in [0.1, 0.15) is 6.61 Å². The Bertz CT molecular complexity index is 1270. The number of halogens is 2. The summed E-state index contributed by atoms with van der Waals surface area (Å²) in [4.78, 5) is 34.0. The summed E-state index contributed by atoms with van der Waals surface area (Å²) in [5.41, 5.74) is 1.98. The third-order valence-electron chi connectivity index (χ3n) is 7.43. The first kappa shape index (κ1) is 26.0. The van der Waals surface area contributed by atoms with E-state index in [2.05, 4.69) is 32.6 Å². The maximum atomic E-state index is 13.9. The molecule has 1 saturated carbocycles. The molecule has 11 heteroatoms. The lowest BCUT2D eigenvalue weighted by Crippen LogP contribution is -2.41. The van der Waals surface area contributed by atoms with Gasteiger partial charge in [-0.3, -0.25) is 4.79 Å². The van der Waals surface area contributed by atoms with Crippen molar-refractivity contribution >= 4 is 17.8 Å². The molecule has 2 fully saturated rings. The Balaban J connectivity index is 1.34. The van der Waals surface area contributed by atoms with Crippen LogP contribution in [0.15, 0.2) is 42.7 Å². The zero-order valence-corrected chi connectivity index (χ0v) is 21.3. The summed E-state index contributed by atoms with van der Waals surface area (Å²) in [7, 11) is 0. The Morgan fingerprint density at radius 3 is 2.79 bits per heavy atom. The largest absolute Gasteiger partial charge is 0.445 e. The number of alkyl halides is 2. The van der Waals surface area contributed by atoms with Gasteiger partial charge in [0, 0.05) is 31.7 Å². The fourth-order valence-electron chi connectivity index (χ4n) is 5.32. The van der Waals surface area contributed by atoms with Gasteiger partial charge in [0.25, 0.3) is 5.78 Å². The molecule has 1 aromatic carbocycles. The van der Waals surface area contributed by atoms with Crippen molar-refractivity contribution in [1.29, 1.82) is 0 Å². The van der Waals surface area contributed by atoms with Crippen LogP contribution in [0.25, 0.3) is 5.78 Å². The number of aromatic nitrogens is 4. The van der Waals surface area contributed by atoms with E-state index in [1.807, 2.05) is 30.3 Å². The number of carbonyl (C=O) groups excluding carboxylic acids is 2. The van der Waals surface area contributed by atoms with Crippen molar-refractivity contribution in [2.24, 2.45) is 17.8 Å². The normalized spacial score (nSPS) is 22.6. The molecule has 5 rings (SSSR count). The van der Waals surface area contributed by atoms with E-state index < -0.39 is 18.1 Å². The molecule has 3 atom stereocenters. The minimum atomic E-state index is -2.70. The van der Waals surface area contributed by atoms with E-state index in [0.29, 0.717) is 36.0 Å². The van der Waals surface area contributed by atoms with Crippen molar-refractivity contribution in [3.05, 3.63) is 59.7 Å². The zero-order chi connectivity index (χ0) is 26.7. The van der Waals surface area contributed by atoms with Crippen LogP contribution in [0.3, 0.4) is 0 Å². The van der Waals surface area contributed by atoms with Crippen molar-refractivity contribution in [3.63, 3.8) is 0 Å². The van der Waals surface area contributed by atoms with E-state index in [1.165, 1.54) is 4.52 Å². The number of benzene rings is 1. The number of fused-ring (bicyclic) bond motifs is 1. The van der Waals surface area contributed by atoms with Crippen LogP contribution in [-0.4, -0.2) is 44.0 Å². The number of hydrogen-bond acceptors (Lipinski definition) is 6. The summed E-state index contributed by atoms with van der Waals surface area (Å²) in [6.45, 7) is 2.87. The lowest BCUT2D eigenvalue weighted by molar-refractivity contribution is -0.127. The SMILES string of the molecule is C[C@@H]1CNC(=O)[C@@H](Cc2cnc3nc([C@@H](NC(=O)OCc4ccccc4)C4CCC(F)(F)CC4)cn3n2)C1. The molecule has 0 spiro atoms. The van der Waals surface area contributed by atoms with Crippen molar-refractivity contribution in [3.8, 4) is 0 Å². The molecule has 202 valence electrons. The second-order valence-electron chi connectivity index (χ2n) is 10.5. The number of nitrogens with one attached hydrogen (secondary N) is 2. The van der Waals surface area contributed by atoms with Gasteiger partial charge in [0.15, 0.2) is 0 Å². The Morgan fingerprint density at radius 2 is 2.03 bits per heavy atom. The van der Waals surface area contributed by atoms with Crippen LogP contribution in [0.4, 0.5) is 13.6 Å². The number of rotatable bonds is 7. The van der Waals surface area contributed by atoms with E-state index >= 15 is 0 Å². The molecular formula is C27H32F2N6O3. The molecular weight excluding hydrogens is 494 g/mol. The molecule has 0 unspecified atom stereocenters. The average Bonchev–Trinajstić information content (AvgIpc) is 3.32. The molecule has 2 aliphatic rings. The summed E-state index contributed by atoms with van der Waals surface area (Å²) in [6.07, 6.45) is 3.86. The van der Waals surface area contributed by atoms with Crippen molar-refractivity contribution in [1.82, 2.24) is 30.2 Å². The fraction of sp³-hybridized carbons (Fsp3) is 0.519. The molecule has 9 nitrogen and oxygen atoms in total. The van der Waals surface area contributed by atoms with Gasteiger partial charge in [-0.05, 0) is 36.7 Å². The van der Waals surface area contributed by atoms with E-state index in [4.69, 9.17) is 4.74 Å². The van der Waals surface area contributed by atoms with Gasteiger partial charge in [-0.2, -0.15) is 5.10 Å². The smallest absolute Gasteiger partial charge is 0.408 e. The number of hydrogen-bond donors (Lipinski definition) is 2. The van der Waals surface area contributed by atoms with Gasteiger partial charge in [0.2, 0.25) is 11.8 Å². The lowest BCUT2D eigenvalue weighted by Gasteiger charge is -2.33. The Labute approximate surface area is 219 Å². The summed E-state index contributed by atoms with van der Waals surface area (Å²) in [6, 6.07) is 8.65. The van der Waals surface area contributed by atoms with Gasteiger partial charge in [-0.25, -0.2) is 28.1 Å². The summed E-state index contributed by atoms with van der Waals surface area (Å²) in [5.74, 6) is -2.37. The van der Waals surface area contributed by atoms with E-state index in [0.717, 1.165) is 12.0 Å². The van der Waals surface area contributed by atoms with Crippen LogP contribution >= 0.6 is 0 Å². The quantitative estimate of drug-likeness (QED) is 0.477. The molecule has 3 heterocycles. The zero-order valence-electron chi connectivity index (χ0n) is 21.3. The van der Waals surface area contributed by atoms with Crippen LogP contribution in [0, 0.1) is 17.8 Å². The molecule has 1 aliphatic heterocycles. The third-order valence-corrected chi connectivity index (χ3v) is 7.43. The van der Waals surface area contributed by atoms with E-state index in [-0.39, 0.29) is 50.0 Å². The van der Waals surface area contributed by atoms with Gasteiger partial charge in [-0.15, -0.1) is 0 Å². The minimum absolute atomic E-state index is 0.0173. The molecule has 1 saturated heterocycles. The van der Waals surface area contributed by atoms with Crippen LogP contribution < -0.4 is 10.6 Å². The Morgan fingerprint density at radius 1 is 1.26 bits per heavy atom. The maximum Gasteiger partial charge on any atom is 0.408 e. The number of amides is 2. The van der Waals surface area contributed by atoms with Crippen molar-refractivity contribution in [2.45, 2.75) is 64.0 Å². The number of carbonyl (C=O) groups is 2. The highest BCUT2D eigenvalue weighted by Gasteiger charge is 2.39. The predicted octanol–water partition coefficient (Wildman–Crippen LogP) is 4.23. The Hall–Kier alpha value is -3.63. The number of alkyl carbamates (subject to hydrolysis) is 1. The number of nitrogens with zero attached hydrogens (tertiary/aromatic N) is 4. The second-order valence-corrected chi connectivity index (χ2v) is 10.5. The Kier molecular flexibility index (Phi) is 7.53. The molecule has 1 aliphatic carbocycles. The summed E-state index contributed by atoms with van der Waals surface area (Å²) in [5, 5.41) is 10.4. The lowest BCUT2D eigenvalue weighted by atomic mass is 9.81. The third kappa shape index (κ3) is 6.25. The number of ether oxygens (including phenoxy) is 1. The monoisotopic (exact) mass is 526 g/mol. The van der Waals surface area contributed by atoms with Gasteiger partial charge < -0.3 is 15.4 Å². The first-order valence-electron chi connectivity index (χ1n) is 13.1. The summed E-state index contributed by atoms with van der Waals surface area (Å²) < 4.78 is 34.7. The second kappa shape index (κ2) is 11.0. The molecule has 0 bridgehead atoms. The minimum Gasteiger partial charge on any atom is -0.445 e. The molecule has 3 aromatic rings. The summed E-state index contributed by atoms with van der Waals surface area (Å²) >= 11 is 0. The molecule has 2 amide bonds. The maximum absolute atomic E-state index is 13.9. The fourth-order valence-corrected chi connectivity index (χ4v) is 5.32. The highest BCUT2D eigenvalue weighted by Crippen LogP contribution is 2.41. The van der Waals surface area contributed by atoms with Gasteiger partial charge in [0.05, 0.1) is 29.8 Å². The van der Waals surface area contributed by atoms with E-state index in [1.54, 1.807) is 12.4 Å². The van der Waals surface area contributed by atoms with Crippen LogP contribution in [-0.2, 0) is 22.6 Å². The first-order chi connectivity index (χ1) is 18.3. The molecule has 2 N–H and O–H groups in total. The van der Waals surface area contributed by atoms with Crippen LogP contribution in [0.2, 0.25) is 0 Å². The highest BCUT2D eigenvalue weighted by atomic mass is 19.3. The molecule has 38 heavy (non-hydrogen) atoms. The van der Waals surface area contributed by atoms with E-state index in [9.17, 15) is 18.4 Å².